The molecule has 174 valence electrons. The average molecular weight is 469 g/mol. The molecule has 0 spiro atoms. The van der Waals surface area contributed by atoms with E-state index in [0.717, 1.165) is 12.8 Å². The fourth-order valence-corrected chi connectivity index (χ4v) is 5.36. The number of nitrogens with one attached hydrogen (secondary N) is 2. The van der Waals surface area contributed by atoms with Crippen LogP contribution in [0.2, 0.25) is 0 Å². The van der Waals surface area contributed by atoms with Crippen molar-refractivity contribution < 1.29 is 18.0 Å². The number of nitrogens with zero attached hydrogens (tertiary/aromatic N) is 2. The minimum atomic E-state index is -3.72. The molecule has 0 bridgehead atoms. The fourth-order valence-electron chi connectivity index (χ4n) is 4.13. The Morgan fingerprint density at radius 2 is 1.88 bits per heavy atom. The molecular weight excluding hydrogens is 440 g/mol. The molecule has 2 amide bonds. The zero-order valence-electron chi connectivity index (χ0n) is 18.7. The van der Waals surface area contributed by atoms with E-state index in [2.05, 4.69) is 15.0 Å². The van der Waals surface area contributed by atoms with Crippen molar-refractivity contribution in [2.75, 3.05) is 18.4 Å². The molecule has 8 nitrogen and oxygen atoms in total. The van der Waals surface area contributed by atoms with Gasteiger partial charge in [-0.2, -0.15) is 8.42 Å². The van der Waals surface area contributed by atoms with Crippen molar-refractivity contribution in [2.45, 2.75) is 44.0 Å². The Labute approximate surface area is 194 Å². The fraction of sp³-hybridized carbons (Fsp3) is 0.375. The summed E-state index contributed by atoms with van der Waals surface area (Å²) >= 11 is 0. The number of carbonyl (C=O) groups excluding carboxylic acids is 2. The van der Waals surface area contributed by atoms with Crippen molar-refractivity contribution >= 4 is 33.4 Å². The summed E-state index contributed by atoms with van der Waals surface area (Å²) < 4.78 is 28.9. The predicted octanol–water partition coefficient (Wildman–Crippen LogP) is 3.01. The lowest BCUT2D eigenvalue weighted by molar-refractivity contribution is -0.121. The number of amides is 2. The monoisotopic (exact) mass is 468 g/mol. The molecule has 2 unspecified atom stereocenters. The van der Waals surface area contributed by atoms with Crippen LogP contribution in [0.3, 0.4) is 0 Å². The summed E-state index contributed by atoms with van der Waals surface area (Å²) in [7, 11) is -3.72. The predicted molar refractivity (Wildman–Crippen MR) is 127 cm³/mol. The molecule has 2 aliphatic rings. The standard InChI is InChI=1S/C24H28N4O4S/c1-3-16(2)25-24(30)18-10-4-6-12-20(18)26-23(29)17-9-8-14-28(15-17)22-19-11-5-7-13-21(19)33(31,32)27-22/h4-7,10-13,16-17H,3,8-9,14-15H2,1-2H3,(H,25,30)(H,26,29). The SMILES string of the molecule is CCC(C)NC(=O)c1ccccc1NC(=O)C1CCCN(C2=NS(=O)(=O)c3ccccc32)C1. The normalized spacial score (nSPS) is 19.9. The van der Waals surface area contributed by atoms with Crippen LogP contribution in [0.25, 0.3) is 0 Å². The molecule has 2 heterocycles. The number of para-hydroxylation sites is 1. The van der Waals surface area contributed by atoms with Crippen LogP contribution < -0.4 is 10.6 Å². The van der Waals surface area contributed by atoms with Gasteiger partial charge in [-0.15, -0.1) is 4.40 Å². The molecule has 4 rings (SSSR count). The van der Waals surface area contributed by atoms with Gasteiger partial charge in [0, 0.05) is 24.7 Å². The molecule has 2 aromatic rings. The first-order valence-electron chi connectivity index (χ1n) is 11.2. The van der Waals surface area contributed by atoms with Crippen LogP contribution >= 0.6 is 0 Å². The van der Waals surface area contributed by atoms with Gasteiger partial charge in [0.05, 0.1) is 17.2 Å². The molecular formula is C24H28N4O4S. The number of hydrogen-bond donors (Lipinski definition) is 2. The Hall–Kier alpha value is -3.20. The van der Waals surface area contributed by atoms with Crippen LogP contribution in [0, 0.1) is 5.92 Å². The summed E-state index contributed by atoms with van der Waals surface area (Å²) in [4.78, 5) is 27.9. The van der Waals surface area contributed by atoms with Gasteiger partial charge in [-0.25, -0.2) is 0 Å². The van der Waals surface area contributed by atoms with Crippen molar-refractivity contribution in [1.29, 1.82) is 0 Å². The van der Waals surface area contributed by atoms with Gasteiger partial charge in [0.25, 0.3) is 15.9 Å². The van der Waals surface area contributed by atoms with Crippen molar-refractivity contribution in [3.05, 3.63) is 59.7 Å². The van der Waals surface area contributed by atoms with E-state index in [1.807, 2.05) is 18.7 Å². The first-order chi connectivity index (χ1) is 15.8. The highest BCUT2D eigenvalue weighted by atomic mass is 32.2. The van der Waals surface area contributed by atoms with Crippen LogP contribution in [-0.2, 0) is 14.8 Å². The maximum absolute atomic E-state index is 13.1. The van der Waals surface area contributed by atoms with E-state index in [1.54, 1.807) is 48.5 Å². The minimum Gasteiger partial charge on any atom is -0.355 e. The van der Waals surface area contributed by atoms with E-state index in [-0.39, 0.29) is 28.7 Å². The number of carbonyl (C=O) groups is 2. The summed E-state index contributed by atoms with van der Waals surface area (Å²) in [5.74, 6) is -0.384. The van der Waals surface area contributed by atoms with Crippen LogP contribution in [0.15, 0.2) is 57.8 Å². The molecule has 0 saturated carbocycles. The van der Waals surface area contributed by atoms with E-state index < -0.39 is 10.0 Å². The lowest BCUT2D eigenvalue weighted by Crippen LogP contribution is -2.44. The van der Waals surface area contributed by atoms with Gasteiger partial charge in [-0.05, 0) is 50.5 Å². The second kappa shape index (κ2) is 9.35. The molecule has 0 radical (unpaired) electrons. The van der Waals surface area contributed by atoms with Gasteiger partial charge in [-0.1, -0.05) is 31.2 Å². The van der Waals surface area contributed by atoms with Gasteiger partial charge in [-0.3, -0.25) is 9.59 Å². The number of piperidine rings is 1. The Morgan fingerprint density at radius 3 is 2.67 bits per heavy atom. The Balaban J connectivity index is 1.50. The number of rotatable bonds is 5. The van der Waals surface area contributed by atoms with Gasteiger partial charge < -0.3 is 15.5 Å². The Morgan fingerprint density at radius 1 is 1.15 bits per heavy atom. The lowest BCUT2D eigenvalue weighted by Gasteiger charge is -2.33. The molecule has 2 N–H and O–H groups in total. The molecule has 2 atom stereocenters. The van der Waals surface area contributed by atoms with Crippen molar-refractivity contribution in [1.82, 2.24) is 10.2 Å². The third kappa shape index (κ3) is 4.78. The van der Waals surface area contributed by atoms with Crippen LogP contribution in [0.1, 0.15) is 49.0 Å². The third-order valence-electron chi connectivity index (χ3n) is 6.12. The number of fused-ring (bicyclic) bond motifs is 1. The summed E-state index contributed by atoms with van der Waals surface area (Å²) in [6.07, 6.45) is 2.21. The highest BCUT2D eigenvalue weighted by Crippen LogP contribution is 2.30. The van der Waals surface area contributed by atoms with E-state index >= 15 is 0 Å². The topological polar surface area (TPSA) is 108 Å². The van der Waals surface area contributed by atoms with E-state index in [9.17, 15) is 18.0 Å². The Kier molecular flexibility index (Phi) is 6.51. The zero-order valence-corrected chi connectivity index (χ0v) is 19.6. The second-order valence-electron chi connectivity index (χ2n) is 8.49. The highest BCUT2D eigenvalue weighted by molar-refractivity contribution is 7.90. The molecule has 2 aromatic carbocycles. The van der Waals surface area contributed by atoms with Gasteiger partial charge >= 0.3 is 0 Å². The maximum Gasteiger partial charge on any atom is 0.285 e. The smallest absolute Gasteiger partial charge is 0.285 e. The van der Waals surface area contributed by atoms with Crippen LogP contribution in [0.4, 0.5) is 5.69 Å². The number of anilines is 1. The highest BCUT2D eigenvalue weighted by Gasteiger charge is 2.35. The van der Waals surface area contributed by atoms with Crippen LogP contribution in [-0.4, -0.2) is 50.1 Å². The number of hydrogen-bond acceptors (Lipinski definition) is 5. The third-order valence-corrected chi connectivity index (χ3v) is 7.45. The summed E-state index contributed by atoms with van der Waals surface area (Å²) in [6.45, 7) is 4.90. The zero-order chi connectivity index (χ0) is 23.6. The maximum atomic E-state index is 13.1. The average Bonchev–Trinajstić information content (AvgIpc) is 3.10. The van der Waals surface area contributed by atoms with E-state index in [0.29, 0.717) is 42.2 Å². The van der Waals surface area contributed by atoms with E-state index in [1.165, 1.54) is 0 Å². The van der Waals surface area contributed by atoms with Gasteiger partial charge in [0.2, 0.25) is 5.91 Å². The van der Waals surface area contributed by atoms with Crippen LogP contribution in [0.5, 0.6) is 0 Å². The molecule has 2 aliphatic heterocycles. The van der Waals surface area contributed by atoms with E-state index in [4.69, 9.17) is 0 Å². The summed E-state index contributed by atoms with van der Waals surface area (Å²) in [6, 6.07) is 13.7. The quantitative estimate of drug-likeness (QED) is 0.701. The number of sulfonamides is 1. The largest absolute Gasteiger partial charge is 0.355 e. The lowest BCUT2D eigenvalue weighted by atomic mass is 9.96. The number of benzene rings is 2. The molecule has 9 heteroatoms. The molecule has 1 saturated heterocycles. The first kappa shape index (κ1) is 23.0. The second-order valence-corrected chi connectivity index (χ2v) is 10.1. The summed E-state index contributed by atoms with van der Waals surface area (Å²) in [5, 5.41) is 5.84. The number of likely N-dealkylation sites (tertiary alicyclic amines) is 1. The number of amidine groups is 1. The van der Waals surface area contributed by atoms with Gasteiger partial charge in [0.15, 0.2) is 5.84 Å². The van der Waals surface area contributed by atoms with Crippen molar-refractivity contribution in [3.63, 3.8) is 0 Å². The molecule has 33 heavy (non-hydrogen) atoms. The first-order valence-corrected chi connectivity index (χ1v) is 12.6. The Bertz CT molecular complexity index is 1210. The van der Waals surface area contributed by atoms with Crippen molar-refractivity contribution in [2.24, 2.45) is 10.3 Å². The molecule has 1 fully saturated rings. The molecule has 0 aromatic heterocycles. The molecule has 0 aliphatic carbocycles. The van der Waals surface area contributed by atoms with Crippen molar-refractivity contribution in [3.8, 4) is 0 Å². The van der Waals surface area contributed by atoms with Gasteiger partial charge in [0.1, 0.15) is 4.90 Å². The minimum absolute atomic E-state index is 0.0273. The summed E-state index contributed by atoms with van der Waals surface area (Å²) in [5.41, 5.74) is 1.45.